The van der Waals surface area contributed by atoms with Crippen LogP contribution in [0.5, 0.6) is 0 Å². The van der Waals surface area contributed by atoms with Crippen molar-refractivity contribution in [3.63, 3.8) is 0 Å². The second-order valence-electron chi connectivity index (χ2n) is 8.72. The van der Waals surface area contributed by atoms with E-state index in [0.717, 1.165) is 17.8 Å². The minimum atomic E-state index is -0.326. The molecule has 0 aromatic carbocycles. The number of amides is 1. The lowest BCUT2D eigenvalue weighted by Gasteiger charge is -2.56. The van der Waals surface area contributed by atoms with Gasteiger partial charge >= 0.3 is 0 Å². The van der Waals surface area contributed by atoms with Gasteiger partial charge in [-0.25, -0.2) is 0 Å². The summed E-state index contributed by atoms with van der Waals surface area (Å²) in [6.07, 6.45) is 9.45. The first-order valence-corrected chi connectivity index (χ1v) is 8.49. The molecule has 4 rings (SSSR count). The minimum Gasteiger partial charge on any atom is -0.384 e. The maximum Gasteiger partial charge on any atom is 0.263 e. The van der Waals surface area contributed by atoms with Gasteiger partial charge in [-0.05, 0) is 77.0 Å². The van der Waals surface area contributed by atoms with Gasteiger partial charge in [-0.3, -0.25) is 4.79 Å². The van der Waals surface area contributed by atoms with Crippen molar-refractivity contribution in [2.24, 2.45) is 17.8 Å². The Bertz CT molecular complexity index is 500. The van der Waals surface area contributed by atoms with Gasteiger partial charge in [0, 0.05) is 17.3 Å². The van der Waals surface area contributed by atoms with Crippen molar-refractivity contribution in [3.05, 3.63) is 11.8 Å². The molecular formula is C18H27N3O. The van der Waals surface area contributed by atoms with Crippen LogP contribution in [0.25, 0.3) is 0 Å². The predicted molar refractivity (Wildman–Crippen MR) is 85.6 cm³/mol. The molecule has 0 heterocycles. The van der Waals surface area contributed by atoms with Crippen molar-refractivity contribution >= 4 is 5.91 Å². The van der Waals surface area contributed by atoms with Crippen molar-refractivity contribution in [2.75, 3.05) is 0 Å². The standard InChI is InChI=1S/C18H27N3O/c1-17(2,3)21-16(22)15(10-19)11-20-18-7-12-4-13(8-18)6-14(5-12)9-18/h11-14,20H,4-9H2,1-3H3,(H,21,22)/b15-11-. The van der Waals surface area contributed by atoms with E-state index in [1.165, 1.54) is 38.5 Å². The quantitative estimate of drug-likeness (QED) is 0.622. The van der Waals surface area contributed by atoms with Crippen LogP contribution in [0.2, 0.25) is 0 Å². The molecule has 1 amide bonds. The lowest BCUT2D eigenvalue weighted by Crippen LogP contribution is -2.57. The van der Waals surface area contributed by atoms with Crippen LogP contribution in [0.1, 0.15) is 59.3 Å². The smallest absolute Gasteiger partial charge is 0.263 e. The van der Waals surface area contributed by atoms with Crippen LogP contribution in [-0.4, -0.2) is 17.0 Å². The molecule has 0 atom stereocenters. The minimum absolute atomic E-state index is 0.138. The third kappa shape index (κ3) is 3.14. The molecule has 4 nitrogen and oxygen atoms in total. The van der Waals surface area contributed by atoms with Crippen LogP contribution in [0.3, 0.4) is 0 Å². The van der Waals surface area contributed by atoms with Gasteiger partial charge in [-0.2, -0.15) is 5.26 Å². The lowest BCUT2D eigenvalue weighted by atomic mass is 9.53. The molecule has 22 heavy (non-hydrogen) atoms. The summed E-state index contributed by atoms with van der Waals surface area (Å²) in [6.45, 7) is 5.77. The van der Waals surface area contributed by atoms with E-state index in [4.69, 9.17) is 0 Å². The maximum atomic E-state index is 12.2. The Labute approximate surface area is 133 Å². The van der Waals surface area contributed by atoms with Gasteiger partial charge in [0.05, 0.1) is 0 Å². The molecule has 4 fully saturated rings. The molecule has 4 aliphatic rings. The summed E-state index contributed by atoms with van der Waals surface area (Å²) in [7, 11) is 0. The second kappa shape index (κ2) is 5.30. The summed E-state index contributed by atoms with van der Waals surface area (Å²) in [6, 6.07) is 2.04. The highest BCUT2D eigenvalue weighted by Gasteiger charge is 2.50. The first-order valence-electron chi connectivity index (χ1n) is 8.49. The van der Waals surface area contributed by atoms with E-state index in [-0.39, 0.29) is 22.6 Å². The maximum absolute atomic E-state index is 12.2. The Kier molecular flexibility index (Phi) is 3.71. The van der Waals surface area contributed by atoms with E-state index in [2.05, 4.69) is 10.6 Å². The van der Waals surface area contributed by atoms with Crippen LogP contribution in [0.15, 0.2) is 11.8 Å². The molecule has 0 aromatic heterocycles. The highest BCUT2D eigenvalue weighted by Crippen LogP contribution is 2.55. The van der Waals surface area contributed by atoms with E-state index in [1.807, 2.05) is 26.8 Å². The van der Waals surface area contributed by atoms with Crippen molar-refractivity contribution in [1.29, 1.82) is 5.26 Å². The number of nitrogens with zero attached hydrogens (tertiary/aromatic N) is 1. The Morgan fingerprint density at radius 2 is 1.64 bits per heavy atom. The zero-order chi connectivity index (χ0) is 16.0. The highest BCUT2D eigenvalue weighted by molar-refractivity contribution is 5.97. The first-order chi connectivity index (χ1) is 10.3. The number of hydrogen-bond acceptors (Lipinski definition) is 3. The molecule has 0 saturated heterocycles. The van der Waals surface area contributed by atoms with E-state index in [1.54, 1.807) is 6.20 Å². The number of hydrogen-bond donors (Lipinski definition) is 2. The van der Waals surface area contributed by atoms with E-state index >= 15 is 0 Å². The number of rotatable bonds is 3. The molecule has 0 unspecified atom stereocenters. The summed E-state index contributed by atoms with van der Waals surface area (Å²) < 4.78 is 0. The van der Waals surface area contributed by atoms with Crippen molar-refractivity contribution in [1.82, 2.24) is 10.6 Å². The molecule has 0 aromatic rings. The lowest BCUT2D eigenvalue weighted by molar-refractivity contribution is -0.118. The third-order valence-corrected chi connectivity index (χ3v) is 5.41. The number of carbonyl (C=O) groups is 1. The molecule has 0 radical (unpaired) electrons. The predicted octanol–water partition coefficient (Wildman–Crippen LogP) is 2.87. The Morgan fingerprint density at radius 1 is 1.14 bits per heavy atom. The van der Waals surface area contributed by atoms with Gasteiger partial charge in [-0.15, -0.1) is 0 Å². The first kappa shape index (κ1) is 15.4. The van der Waals surface area contributed by atoms with E-state index < -0.39 is 0 Å². The van der Waals surface area contributed by atoms with Crippen molar-refractivity contribution < 1.29 is 4.79 Å². The average Bonchev–Trinajstić information content (AvgIpc) is 2.35. The summed E-state index contributed by atoms with van der Waals surface area (Å²) >= 11 is 0. The SMILES string of the molecule is CC(C)(C)NC(=O)/C(C#N)=C\NC12CC3CC(CC(C3)C1)C2. The van der Waals surface area contributed by atoms with Gasteiger partial charge < -0.3 is 10.6 Å². The zero-order valence-corrected chi connectivity index (χ0v) is 13.9. The van der Waals surface area contributed by atoms with Crippen LogP contribution in [-0.2, 0) is 4.79 Å². The van der Waals surface area contributed by atoms with E-state index in [0.29, 0.717) is 0 Å². The monoisotopic (exact) mass is 301 g/mol. The molecule has 4 bridgehead atoms. The van der Waals surface area contributed by atoms with Crippen LogP contribution in [0.4, 0.5) is 0 Å². The molecular weight excluding hydrogens is 274 g/mol. The fourth-order valence-electron chi connectivity index (χ4n) is 5.07. The fraction of sp³-hybridized carbons (Fsp3) is 0.778. The summed E-state index contributed by atoms with van der Waals surface area (Å²) in [4.78, 5) is 12.2. The molecule has 120 valence electrons. The molecule has 4 aliphatic carbocycles. The van der Waals surface area contributed by atoms with Gasteiger partial charge in [0.15, 0.2) is 0 Å². The summed E-state index contributed by atoms with van der Waals surface area (Å²) in [5, 5.41) is 15.6. The van der Waals surface area contributed by atoms with Gasteiger partial charge in [0.25, 0.3) is 5.91 Å². The number of nitriles is 1. The average molecular weight is 301 g/mol. The summed E-state index contributed by atoms with van der Waals surface area (Å²) in [5.41, 5.74) is -0.00212. The molecule has 2 N–H and O–H groups in total. The second-order valence-corrected chi connectivity index (χ2v) is 8.72. The third-order valence-electron chi connectivity index (χ3n) is 5.41. The van der Waals surface area contributed by atoms with Crippen LogP contribution < -0.4 is 10.6 Å². The summed E-state index contributed by atoms with van der Waals surface area (Å²) in [5.74, 6) is 2.26. The number of carbonyl (C=O) groups excluding carboxylic acids is 1. The van der Waals surface area contributed by atoms with Gasteiger partial charge in [0.2, 0.25) is 0 Å². The van der Waals surface area contributed by atoms with Gasteiger partial charge in [-0.1, -0.05) is 0 Å². The fourth-order valence-corrected chi connectivity index (χ4v) is 5.07. The topological polar surface area (TPSA) is 64.9 Å². The number of nitrogens with one attached hydrogen (secondary N) is 2. The molecule has 4 heteroatoms. The Morgan fingerprint density at radius 3 is 2.05 bits per heavy atom. The van der Waals surface area contributed by atoms with Crippen molar-refractivity contribution in [2.45, 2.75) is 70.4 Å². The highest BCUT2D eigenvalue weighted by atomic mass is 16.1. The Balaban J connectivity index is 1.70. The molecule has 0 aliphatic heterocycles. The largest absolute Gasteiger partial charge is 0.384 e. The molecule has 0 spiro atoms. The molecule has 4 saturated carbocycles. The van der Waals surface area contributed by atoms with Crippen LogP contribution >= 0.6 is 0 Å². The Hall–Kier alpha value is -1.50. The van der Waals surface area contributed by atoms with Crippen molar-refractivity contribution in [3.8, 4) is 6.07 Å². The van der Waals surface area contributed by atoms with Gasteiger partial charge in [0.1, 0.15) is 11.6 Å². The van der Waals surface area contributed by atoms with Crippen LogP contribution in [0, 0.1) is 29.1 Å². The zero-order valence-electron chi connectivity index (χ0n) is 13.9. The normalized spacial score (nSPS) is 36.8. The van der Waals surface area contributed by atoms with E-state index in [9.17, 15) is 10.1 Å².